The van der Waals surface area contributed by atoms with Crippen LogP contribution >= 0.6 is 11.6 Å². The number of carbonyl (C=O) groups excluding carboxylic acids is 2. The van der Waals surface area contributed by atoms with Crippen molar-refractivity contribution in [1.29, 1.82) is 0 Å². The van der Waals surface area contributed by atoms with E-state index in [-0.39, 0.29) is 17.5 Å². The average Bonchev–Trinajstić information content (AvgIpc) is 2.52. The van der Waals surface area contributed by atoms with Gasteiger partial charge in [0.15, 0.2) is 5.75 Å². The second-order valence-corrected chi connectivity index (χ2v) is 5.63. The first kappa shape index (κ1) is 15.8. The number of ether oxygens (including phenoxy) is 2. The van der Waals surface area contributed by atoms with Crippen LogP contribution in [0.2, 0.25) is 5.02 Å². The number of benzene rings is 1. The fourth-order valence-electron chi connectivity index (χ4n) is 2.47. The maximum atomic E-state index is 11.8. The third-order valence-electron chi connectivity index (χ3n) is 3.64. The quantitative estimate of drug-likeness (QED) is 0.796. The van der Waals surface area contributed by atoms with Gasteiger partial charge in [0.2, 0.25) is 11.8 Å². The number of hydrogen-bond donors (Lipinski definition) is 2. The second-order valence-electron chi connectivity index (χ2n) is 5.25. The lowest BCUT2D eigenvalue weighted by atomic mass is 9.94. The number of aliphatic hydroxyl groups excluding tert-OH is 1. The minimum absolute atomic E-state index is 0.0607. The van der Waals surface area contributed by atoms with E-state index in [0.717, 1.165) is 5.56 Å². The molecule has 3 rings (SSSR count). The number of halogens is 1. The number of nitrogens with zero attached hydrogens (tertiary/aromatic N) is 1. The van der Waals surface area contributed by atoms with Gasteiger partial charge in [-0.3, -0.25) is 10.1 Å². The van der Waals surface area contributed by atoms with Gasteiger partial charge in [0, 0.05) is 6.61 Å². The number of imide groups is 1. The zero-order chi connectivity index (χ0) is 16.4. The number of hydrogen-bond acceptors (Lipinski definition) is 5. The van der Waals surface area contributed by atoms with E-state index in [4.69, 9.17) is 26.2 Å². The highest BCUT2D eigenvalue weighted by Gasteiger charge is 2.38. The van der Waals surface area contributed by atoms with E-state index in [1.54, 1.807) is 12.1 Å². The first-order chi connectivity index (χ1) is 11.1. The number of urea groups is 1. The van der Waals surface area contributed by atoms with E-state index >= 15 is 0 Å². The molecule has 0 spiro atoms. The number of nitrogens with one attached hydrogen (secondary N) is 1. The van der Waals surface area contributed by atoms with Crippen molar-refractivity contribution in [3.8, 4) is 11.5 Å². The Labute approximate surface area is 137 Å². The molecule has 1 aromatic carbocycles. The molecule has 1 aromatic rings. The first-order valence-electron chi connectivity index (χ1n) is 7.26. The molecule has 0 saturated carbocycles. The summed E-state index contributed by atoms with van der Waals surface area (Å²) in [6.07, 6.45) is 1.71. The lowest BCUT2D eigenvalue weighted by molar-refractivity contribution is -0.122. The Morgan fingerprint density at radius 2 is 2.22 bits per heavy atom. The summed E-state index contributed by atoms with van der Waals surface area (Å²) in [5, 5.41) is 11.2. The van der Waals surface area contributed by atoms with Crippen LogP contribution < -0.4 is 14.8 Å². The third-order valence-corrected chi connectivity index (χ3v) is 4.00. The average molecular weight is 339 g/mol. The molecule has 0 radical (unpaired) electrons. The van der Waals surface area contributed by atoms with Gasteiger partial charge in [0.05, 0.1) is 6.61 Å². The van der Waals surface area contributed by atoms with Crippen molar-refractivity contribution in [3.05, 3.63) is 22.7 Å². The lowest BCUT2D eigenvalue weighted by Crippen LogP contribution is -2.47. The van der Waals surface area contributed by atoms with Crippen LogP contribution in [0.25, 0.3) is 0 Å². The maximum absolute atomic E-state index is 11.8. The van der Waals surface area contributed by atoms with Gasteiger partial charge in [-0.15, -0.1) is 0 Å². The number of aliphatic imine (C=N–C) groups is 1. The largest absolute Gasteiger partial charge is 0.492 e. The number of fused-ring (bicyclic) bond motifs is 2. The molecule has 0 bridgehead atoms. The highest BCUT2D eigenvalue weighted by atomic mass is 35.5. The zero-order valence-electron chi connectivity index (χ0n) is 12.2. The van der Waals surface area contributed by atoms with Crippen LogP contribution in [0.3, 0.4) is 0 Å². The fourth-order valence-corrected chi connectivity index (χ4v) is 2.74. The molecule has 23 heavy (non-hydrogen) atoms. The van der Waals surface area contributed by atoms with Gasteiger partial charge in [-0.05, 0) is 30.9 Å². The molecule has 0 aliphatic carbocycles. The molecule has 2 N–H and O–H groups in total. The fraction of sp³-hybridized carbons (Fsp3) is 0.400. The molecule has 2 heterocycles. The molecule has 0 saturated heterocycles. The first-order valence-corrected chi connectivity index (χ1v) is 7.64. The molecule has 2 aliphatic heterocycles. The van der Waals surface area contributed by atoms with Crippen LogP contribution in [-0.2, 0) is 11.2 Å². The number of rotatable bonds is 5. The van der Waals surface area contributed by atoms with E-state index in [0.29, 0.717) is 37.4 Å². The topological polar surface area (TPSA) is 97.2 Å². The van der Waals surface area contributed by atoms with Crippen LogP contribution in [0.1, 0.15) is 18.4 Å². The summed E-state index contributed by atoms with van der Waals surface area (Å²) in [7, 11) is 0. The lowest BCUT2D eigenvalue weighted by Gasteiger charge is -2.28. The highest BCUT2D eigenvalue weighted by molar-refractivity contribution is 6.34. The highest BCUT2D eigenvalue weighted by Crippen LogP contribution is 2.41. The van der Waals surface area contributed by atoms with Crippen molar-refractivity contribution in [2.75, 3.05) is 13.2 Å². The van der Waals surface area contributed by atoms with E-state index in [1.807, 2.05) is 0 Å². The van der Waals surface area contributed by atoms with Crippen molar-refractivity contribution in [1.82, 2.24) is 5.32 Å². The van der Waals surface area contributed by atoms with Crippen LogP contribution in [0.4, 0.5) is 4.79 Å². The van der Waals surface area contributed by atoms with Gasteiger partial charge in [0.25, 0.3) is 0 Å². The van der Waals surface area contributed by atoms with Crippen LogP contribution in [-0.4, -0.2) is 36.2 Å². The summed E-state index contributed by atoms with van der Waals surface area (Å²) < 4.78 is 11.2. The van der Waals surface area contributed by atoms with Gasteiger partial charge in [-0.25, -0.2) is 4.79 Å². The summed E-state index contributed by atoms with van der Waals surface area (Å²) in [5.74, 6) is -0.165. The Morgan fingerprint density at radius 1 is 1.39 bits per heavy atom. The summed E-state index contributed by atoms with van der Waals surface area (Å²) in [5.41, 5.74) is 0.756. The minimum atomic E-state index is -0.739. The number of carbonyl (C=O) groups is 2. The molecule has 0 fully saturated rings. The van der Waals surface area contributed by atoms with Crippen LogP contribution in [0, 0.1) is 5.92 Å². The molecule has 7 nitrogen and oxygen atoms in total. The predicted octanol–water partition coefficient (Wildman–Crippen LogP) is 1.69. The Kier molecular flexibility index (Phi) is 4.49. The minimum Gasteiger partial charge on any atom is -0.492 e. The molecule has 8 heteroatoms. The Bertz CT molecular complexity index is 689. The van der Waals surface area contributed by atoms with Gasteiger partial charge in [-0.2, -0.15) is 4.99 Å². The van der Waals surface area contributed by atoms with Gasteiger partial charge in [-0.1, -0.05) is 17.7 Å². The van der Waals surface area contributed by atoms with Crippen molar-refractivity contribution < 1.29 is 24.2 Å². The third kappa shape index (κ3) is 3.16. The van der Waals surface area contributed by atoms with E-state index < -0.39 is 17.9 Å². The molecule has 122 valence electrons. The Balaban J connectivity index is 1.83. The van der Waals surface area contributed by atoms with Crippen molar-refractivity contribution in [2.45, 2.75) is 19.3 Å². The van der Waals surface area contributed by atoms with Gasteiger partial charge in [0.1, 0.15) is 16.7 Å². The normalized spacial score (nSPS) is 19.2. The molecule has 1 unspecified atom stereocenters. The van der Waals surface area contributed by atoms with Crippen LogP contribution in [0.5, 0.6) is 11.5 Å². The van der Waals surface area contributed by atoms with Gasteiger partial charge < -0.3 is 14.6 Å². The van der Waals surface area contributed by atoms with Crippen LogP contribution in [0.15, 0.2) is 17.1 Å². The monoisotopic (exact) mass is 338 g/mol. The second kappa shape index (κ2) is 6.55. The van der Waals surface area contributed by atoms with E-state index in [1.165, 1.54) is 0 Å². The molecule has 1 atom stereocenters. The number of amides is 3. The number of unbranched alkanes of at least 4 members (excludes halogenated alkanes) is 1. The molecular formula is C15H15ClN2O5. The van der Waals surface area contributed by atoms with Crippen molar-refractivity contribution in [3.63, 3.8) is 0 Å². The molecular weight excluding hydrogens is 324 g/mol. The van der Waals surface area contributed by atoms with Crippen molar-refractivity contribution >= 4 is 29.4 Å². The smallest absolute Gasteiger partial charge is 0.350 e. The van der Waals surface area contributed by atoms with Crippen molar-refractivity contribution in [2.24, 2.45) is 10.9 Å². The molecule has 3 amide bonds. The summed E-state index contributed by atoms with van der Waals surface area (Å²) in [6.45, 7) is 0.533. The summed E-state index contributed by atoms with van der Waals surface area (Å²) >= 11 is 6.30. The van der Waals surface area contributed by atoms with E-state index in [9.17, 15) is 9.59 Å². The molecule has 0 aromatic heterocycles. The van der Waals surface area contributed by atoms with Gasteiger partial charge >= 0.3 is 6.03 Å². The number of aliphatic hydroxyl groups is 1. The maximum Gasteiger partial charge on any atom is 0.350 e. The summed E-state index contributed by atoms with van der Waals surface area (Å²) in [6, 6.07) is 2.76. The zero-order valence-corrected chi connectivity index (χ0v) is 12.9. The van der Waals surface area contributed by atoms with E-state index in [2.05, 4.69) is 10.3 Å². The molecule has 2 aliphatic rings. The summed E-state index contributed by atoms with van der Waals surface area (Å²) in [4.78, 5) is 26.9. The Morgan fingerprint density at radius 3 is 3.00 bits per heavy atom. The Hall–Kier alpha value is -2.12. The predicted molar refractivity (Wildman–Crippen MR) is 82.1 cm³/mol. The SMILES string of the molecule is O=C1N=C2Oc3c(ccc(OCCCCO)c3Cl)CC2C(=O)N1. The standard InChI is InChI=1S/C15H15ClN2O5/c16-11-10(22-6-2-1-5-19)4-3-8-7-9-13(20)17-15(21)18-14(9)23-12(8)11/h3-4,9,19H,1-2,5-7H2,(H,17,20,21).